The summed E-state index contributed by atoms with van der Waals surface area (Å²) in [6, 6.07) is 65.2. The van der Waals surface area contributed by atoms with Crippen molar-refractivity contribution in [2.24, 2.45) is 0 Å². The Morgan fingerprint density at radius 2 is 0.842 bits per heavy atom. The number of hydrogen-bond donors (Lipinski definition) is 0. The van der Waals surface area contributed by atoms with Crippen LogP contribution in [0.4, 0.5) is 4.39 Å². The van der Waals surface area contributed by atoms with E-state index in [1.54, 1.807) is 12.1 Å². The number of halogens is 1. The maximum absolute atomic E-state index is 15.3. The summed E-state index contributed by atoms with van der Waals surface area (Å²) >= 11 is 0. The second kappa shape index (κ2) is 13.3. The van der Waals surface area contributed by atoms with Gasteiger partial charge in [0.25, 0.3) is 0 Å². The molecule has 0 aliphatic heterocycles. The molecule has 0 aliphatic carbocycles. The van der Waals surface area contributed by atoms with Gasteiger partial charge in [0.15, 0.2) is 17.5 Å². The summed E-state index contributed by atoms with van der Waals surface area (Å²) in [4.78, 5) is 15.0. The minimum absolute atomic E-state index is 0.310. The molecule has 5 nitrogen and oxygen atoms in total. The van der Waals surface area contributed by atoms with Crippen LogP contribution in [0.25, 0.3) is 100 Å². The summed E-state index contributed by atoms with van der Waals surface area (Å²) < 4.78 is 20.0. The van der Waals surface area contributed by atoms with Crippen molar-refractivity contribution in [2.75, 3.05) is 0 Å². The maximum atomic E-state index is 15.3. The molecule has 6 heteroatoms. The average molecular weight is 734 g/mol. The lowest BCUT2D eigenvalue weighted by molar-refractivity contribution is 0.628. The zero-order valence-electron chi connectivity index (χ0n) is 30.6. The Morgan fingerprint density at radius 3 is 1.44 bits per heavy atom. The highest BCUT2D eigenvalue weighted by atomic mass is 19.1. The molecule has 11 rings (SSSR count). The quantitative estimate of drug-likeness (QED) is 0.171. The first kappa shape index (κ1) is 32.7. The van der Waals surface area contributed by atoms with Gasteiger partial charge in [-0.15, -0.1) is 0 Å². The van der Waals surface area contributed by atoms with Crippen LogP contribution in [0.2, 0.25) is 0 Å². The first-order chi connectivity index (χ1) is 28.2. The van der Waals surface area contributed by atoms with E-state index in [0.717, 1.165) is 77.4 Å². The number of hydrogen-bond acceptors (Lipinski definition) is 3. The van der Waals surface area contributed by atoms with Crippen LogP contribution in [-0.2, 0) is 0 Å². The molecule has 0 spiro atoms. The molecule has 3 aromatic heterocycles. The molecule has 268 valence electrons. The Morgan fingerprint density at radius 1 is 0.351 bits per heavy atom. The van der Waals surface area contributed by atoms with Crippen LogP contribution >= 0.6 is 0 Å². The minimum Gasteiger partial charge on any atom is -0.307 e. The molecule has 0 fully saturated rings. The number of nitrogens with zero attached hydrogens (tertiary/aromatic N) is 5. The summed E-state index contributed by atoms with van der Waals surface area (Å²) in [5.41, 5.74) is 10.5. The maximum Gasteiger partial charge on any atom is 0.164 e. The molecule has 0 amide bonds. The van der Waals surface area contributed by atoms with Crippen molar-refractivity contribution in [2.45, 2.75) is 0 Å². The van der Waals surface area contributed by atoms with Gasteiger partial charge in [0, 0.05) is 49.5 Å². The van der Waals surface area contributed by atoms with Gasteiger partial charge in [0.1, 0.15) is 5.82 Å². The lowest BCUT2D eigenvalue weighted by Gasteiger charge is -2.17. The largest absolute Gasteiger partial charge is 0.307 e. The first-order valence-corrected chi connectivity index (χ1v) is 19.0. The van der Waals surface area contributed by atoms with E-state index in [1.807, 2.05) is 66.7 Å². The molecular formula is C51H32FN5. The van der Waals surface area contributed by atoms with Gasteiger partial charge in [-0.25, -0.2) is 19.3 Å². The van der Waals surface area contributed by atoms with Crippen LogP contribution < -0.4 is 0 Å². The third-order valence-corrected chi connectivity index (χ3v) is 10.8. The van der Waals surface area contributed by atoms with E-state index in [4.69, 9.17) is 15.0 Å². The number of benzene rings is 8. The fourth-order valence-corrected chi connectivity index (χ4v) is 8.29. The van der Waals surface area contributed by atoms with Crippen LogP contribution in [0.5, 0.6) is 0 Å². The second-order valence-corrected chi connectivity index (χ2v) is 14.2. The zero-order chi connectivity index (χ0) is 37.9. The van der Waals surface area contributed by atoms with Gasteiger partial charge in [-0.1, -0.05) is 140 Å². The van der Waals surface area contributed by atoms with Gasteiger partial charge in [0.05, 0.1) is 27.8 Å². The molecular weight excluding hydrogens is 702 g/mol. The predicted molar refractivity (Wildman–Crippen MR) is 230 cm³/mol. The third-order valence-electron chi connectivity index (χ3n) is 10.8. The van der Waals surface area contributed by atoms with Crippen LogP contribution in [-0.4, -0.2) is 24.1 Å². The van der Waals surface area contributed by atoms with Crippen molar-refractivity contribution < 1.29 is 4.39 Å². The molecule has 3 heterocycles. The van der Waals surface area contributed by atoms with Crippen LogP contribution in [0.3, 0.4) is 0 Å². The van der Waals surface area contributed by atoms with Gasteiger partial charge in [-0.3, -0.25) is 0 Å². The molecule has 0 aliphatic rings. The predicted octanol–water partition coefficient (Wildman–Crippen LogP) is 12.9. The molecule has 0 saturated carbocycles. The van der Waals surface area contributed by atoms with Crippen molar-refractivity contribution in [1.82, 2.24) is 24.1 Å². The van der Waals surface area contributed by atoms with Crippen molar-refractivity contribution in [3.05, 3.63) is 200 Å². The lowest BCUT2D eigenvalue weighted by atomic mass is 9.99. The highest BCUT2D eigenvalue weighted by Crippen LogP contribution is 2.44. The molecule has 0 bridgehead atoms. The number of rotatable bonds is 6. The Hall–Kier alpha value is -7.70. The Balaban J connectivity index is 1.24. The molecule has 0 radical (unpaired) electrons. The molecule has 11 aromatic rings. The normalized spacial score (nSPS) is 11.6. The van der Waals surface area contributed by atoms with Crippen LogP contribution in [0.1, 0.15) is 0 Å². The van der Waals surface area contributed by atoms with Crippen molar-refractivity contribution in [3.8, 4) is 56.7 Å². The minimum atomic E-state index is -0.310. The highest BCUT2D eigenvalue weighted by molar-refractivity contribution is 6.24. The van der Waals surface area contributed by atoms with E-state index in [2.05, 4.69) is 118 Å². The van der Waals surface area contributed by atoms with Crippen molar-refractivity contribution in [3.63, 3.8) is 0 Å². The average Bonchev–Trinajstić information content (AvgIpc) is 3.80. The number of para-hydroxylation sites is 3. The standard InChI is InChI=1S/C51H32FN5/c52-37-20-14-19-35(31-37)43-32-36(51-54-49(33-15-4-1-5-16-33)53-50(55-51)34-17-6-2-7-18-34)27-30-46(43)57-45-26-13-11-24-40(45)42-29-28-41-39-23-10-12-25-44(39)56(47(41)48(42)57)38-21-8-3-9-22-38/h1-32H. The van der Waals surface area contributed by atoms with E-state index in [9.17, 15) is 0 Å². The fraction of sp³-hybridized carbons (Fsp3) is 0. The van der Waals surface area contributed by atoms with Gasteiger partial charge in [-0.2, -0.15) is 0 Å². The molecule has 0 atom stereocenters. The molecule has 0 unspecified atom stereocenters. The monoisotopic (exact) mass is 733 g/mol. The van der Waals surface area contributed by atoms with E-state index in [-0.39, 0.29) is 5.82 Å². The Kier molecular flexibility index (Phi) is 7.60. The van der Waals surface area contributed by atoms with E-state index in [0.29, 0.717) is 17.5 Å². The summed E-state index contributed by atoms with van der Waals surface area (Å²) in [5.74, 6) is 1.38. The van der Waals surface area contributed by atoms with E-state index < -0.39 is 0 Å². The topological polar surface area (TPSA) is 48.5 Å². The Bertz CT molecular complexity index is 3240. The second-order valence-electron chi connectivity index (χ2n) is 14.2. The molecule has 0 saturated heterocycles. The molecule has 8 aromatic carbocycles. The van der Waals surface area contributed by atoms with Crippen LogP contribution in [0.15, 0.2) is 194 Å². The first-order valence-electron chi connectivity index (χ1n) is 19.0. The summed E-state index contributed by atoms with van der Waals surface area (Å²) in [5, 5.41) is 4.59. The summed E-state index contributed by atoms with van der Waals surface area (Å²) in [6.45, 7) is 0. The summed E-state index contributed by atoms with van der Waals surface area (Å²) in [6.07, 6.45) is 0. The smallest absolute Gasteiger partial charge is 0.164 e. The zero-order valence-corrected chi connectivity index (χ0v) is 30.6. The van der Waals surface area contributed by atoms with E-state index in [1.165, 1.54) is 11.5 Å². The van der Waals surface area contributed by atoms with Gasteiger partial charge in [-0.05, 0) is 60.2 Å². The number of aromatic nitrogens is 5. The molecule has 0 N–H and O–H groups in total. The van der Waals surface area contributed by atoms with Crippen molar-refractivity contribution >= 4 is 43.6 Å². The third kappa shape index (κ3) is 5.41. The fourth-order valence-electron chi connectivity index (χ4n) is 8.29. The number of fused-ring (bicyclic) bond motifs is 7. The van der Waals surface area contributed by atoms with Crippen LogP contribution in [0, 0.1) is 5.82 Å². The Labute approximate surface area is 327 Å². The lowest BCUT2D eigenvalue weighted by Crippen LogP contribution is -2.03. The van der Waals surface area contributed by atoms with Gasteiger partial charge in [0.2, 0.25) is 0 Å². The highest BCUT2D eigenvalue weighted by Gasteiger charge is 2.23. The van der Waals surface area contributed by atoms with Gasteiger partial charge < -0.3 is 9.13 Å². The summed E-state index contributed by atoms with van der Waals surface area (Å²) in [7, 11) is 0. The SMILES string of the molecule is Fc1cccc(-c2cc(-c3nc(-c4ccccc4)nc(-c4ccccc4)n3)ccc2-n2c3ccccc3c3ccc4c5ccccc5n(-c5ccccc5)c4c32)c1. The molecule has 57 heavy (non-hydrogen) atoms. The van der Waals surface area contributed by atoms with Crippen molar-refractivity contribution in [1.29, 1.82) is 0 Å². The van der Waals surface area contributed by atoms with Gasteiger partial charge >= 0.3 is 0 Å². The van der Waals surface area contributed by atoms with E-state index >= 15 is 4.39 Å².